The number of hydrogen-bond donors (Lipinski definition) is 0. The topological polar surface area (TPSA) is 58.8 Å². The third-order valence-electron chi connectivity index (χ3n) is 6.98. The van der Waals surface area contributed by atoms with Crippen molar-refractivity contribution < 1.29 is 4.74 Å². The van der Waals surface area contributed by atoms with Crippen LogP contribution in [-0.4, -0.2) is 22.2 Å². The molecule has 4 heteroatoms. The summed E-state index contributed by atoms with van der Waals surface area (Å²) in [4.78, 5) is 9.09. The number of rotatable bonds is 6. The molecule has 0 unspecified atom stereocenters. The maximum atomic E-state index is 9.06. The highest BCUT2D eigenvalue weighted by Gasteiger charge is 2.48. The second kappa shape index (κ2) is 8.63. The molecule has 1 spiro atoms. The number of nitriles is 1. The molecule has 0 amide bonds. The fourth-order valence-electron chi connectivity index (χ4n) is 5.48. The lowest BCUT2D eigenvalue weighted by atomic mass is 9.67. The summed E-state index contributed by atoms with van der Waals surface area (Å²) in [5.41, 5.74) is 4.22. The van der Waals surface area contributed by atoms with Crippen LogP contribution < -0.4 is 0 Å². The molecule has 2 fully saturated rings. The summed E-state index contributed by atoms with van der Waals surface area (Å²) >= 11 is 0. The Kier molecular flexibility index (Phi) is 5.96. The van der Waals surface area contributed by atoms with Crippen LogP contribution in [0.5, 0.6) is 0 Å². The SMILES string of the molecule is Cc1cc(CCCC[C@@]2(c3ccccn3)CCOC3(CCCC3)C2)cnc1C#N. The summed E-state index contributed by atoms with van der Waals surface area (Å²) in [5.74, 6) is 0. The lowest BCUT2D eigenvalue weighted by Gasteiger charge is -2.46. The van der Waals surface area contributed by atoms with Crippen LogP contribution >= 0.6 is 0 Å². The van der Waals surface area contributed by atoms with Crippen molar-refractivity contribution in [3.05, 3.63) is 59.2 Å². The van der Waals surface area contributed by atoms with Crippen LogP contribution in [0.2, 0.25) is 0 Å². The van der Waals surface area contributed by atoms with E-state index in [0.717, 1.165) is 44.3 Å². The van der Waals surface area contributed by atoms with Crippen LogP contribution in [0, 0.1) is 18.3 Å². The number of pyridine rings is 2. The standard InChI is InChI=1S/C25H31N3O/c1-20-16-21(18-28-22(20)17-26)8-2-4-10-24(23-9-3-7-14-27-23)13-15-29-25(19-24)11-5-6-12-25/h3,7,9,14,16,18H,2,4-6,8,10-13,15,19H2,1H3/t24-/m1/s1. The Labute approximate surface area is 174 Å². The summed E-state index contributed by atoms with van der Waals surface area (Å²) in [6.07, 6.45) is 15.5. The van der Waals surface area contributed by atoms with Gasteiger partial charge in [0.05, 0.1) is 5.60 Å². The minimum Gasteiger partial charge on any atom is -0.375 e. The Morgan fingerprint density at radius 2 is 2.00 bits per heavy atom. The second-order valence-electron chi connectivity index (χ2n) is 8.99. The van der Waals surface area contributed by atoms with E-state index in [9.17, 15) is 0 Å². The van der Waals surface area contributed by atoms with E-state index >= 15 is 0 Å². The van der Waals surface area contributed by atoms with Crippen LogP contribution in [0.4, 0.5) is 0 Å². The van der Waals surface area contributed by atoms with Gasteiger partial charge < -0.3 is 4.74 Å². The number of unbranched alkanes of at least 4 members (excludes halogenated alkanes) is 1. The average Bonchev–Trinajstić information content (AvgIpc) is 3.19. The molecule has 29 heavy (non-hydrogen) atoms. The summed E-state index contributed by atoms with van der Waals surface area (Å²) in [6, 6.07) is 10.6. The zero-order valence-electron chi connectivity index (χ0n) is 17.5. The van der Waals surface area contributed by atoms with E-state index < -0.39 is 0 Å². The monoisotopic (exact) mass is 389 g/mol. The lowest BCUT2D eigenvalue weighted by Crippen LogP contribution is -2.46. The van der Waals surface area contributed by atoms with Gasteiger partial charge in [-0.25, -0.2) is 4.98 Å². The van der Waals surface area contributed by atoms with E-state index in [0.29, 0.717) is 5.69 Å². The maximum absolute atomic E-state index is 9.06. The fourth-order valence-corrected chi connectivity index (χ4v) is 5.48. The Bertz CT molecular complexity index is 867. The number of hydrogen-bond acceptors (Lipinski definition) is 4. The van der Waals surface area contributed by atoms with Crippen molar-refractivity contribution in [2.75, 3.05) is 6.61 Å². The molecule has 3 heterocycles. The number of aromatic nitrogens is 2. The molecular weight excluding hydrogens is 358 g/mol. The molecule has 152 valence electrons. The third-order valence-corrected chi connectivity index (χ3v) is 6.98. The summed E-state index contributed by atoms with van der Waals surface area (Å²) in [5, 5.41) is 9.06. The Morgan fingerprint density at radius 1 is 1.14 bits per heavy atom. The molecule has 1 aliphatic heterocycles. The quantitative estimate of drug-likeness (QED) is 0.618. The normalized spacial score (nSPS) is 23.2. The van der Waals surface area contributed by atoms with Gasteiger partial charge in [-0.3, -0.25) is 4.98 Å². The number of ether oxygens (including phenoxy) is 1. The molecule has 2 aromatic heterocycles. The molecule has 1 aliphatic carbocycles. The molecular formula is C25H31N3O. The highest BCUT2D eigenvalue weighted by Crippen LogP contribution is 2.50. The van der Waals surface area contributed by atoms with Gasteiger partial charge in [-0.15, -0.1) is 0 Å². The van der Waals surface area contributed by atoms with Gasteiger partial charge in [-0.1, -0.05) is 31.4 Å². The van der Waals surface area contributed by atoms with Gasteiger partial charge in [0.25, 0.3) is 0 Å². The molecule has 2 aliphatic rings. The van der Waals surface area contributed by atoms with Crippen molar-refractivity contribution in [3.63, 3.8) is 0 Å². The number of nitrogens with zero attached hydrogens (tertiary/aromatic N) is 3. The summed E-state index contributed by atoms with van der Waals surface area (Å²) in [7, 11) is 0. The average molecular weight is 390 g/mol. The first-order valence-corrected chi connectivity index (χ1v) is 11.1. The zero-order valence-corrected chi connectivity index (χ0v) is 17.5. The van der Waals surface area contributed by atoms with Crippen LogP contribution in [0.15, 0.2) is 36.7 Å². The number of aryl methyl sites for hydroxylation is 2. The first kappa shape index (κ1) is 20.0. The second-order valence-corrected chi connectivity index (χ2v) is 8.99. The van der Waals surface area contributed by atoms with Crippen molar-refractivity contribution in [1.29, 1.82) is 5.26 Å². The molecule has 0 radical (unpaired) electrons. The van der Waals surface area contributed by atoms with Gasteiger partial charge in [0, 0.05) is 30.1 Å². The van der Waals surface area contributed by atoms with Crippen LogP contribution in [-0.2, 0) is 16.6 Å². The molecule has 1 saturated heterocycles. The van der Waals surface area contributed by atoms with Gasteiger partial charge in [0.2, 0.25) is 0 Å². The first-order chi connectivity index (χ1) is 14.1. The van der Waals surface area contributed by atoms with Gasteiger partial charge in [-0.05, 0) is 75.1 Å². The smallest absolute Gasteiger partial charge is 0.143 e. The highest BCUT2D eigenvalue weighted by molar-refractivity contribution is 5.32. The van der Waals surface area contributed by atoms with Gasteiger partial charge in [0.15, 0.2) is 0 Å². The molecule has 2 aromatic rings. The van der Waals surface area contributed by atoms with Gasteiger partial charge >= 0.3 is 0 Å². The van der Waals surface area contributed by atoms with E-state index in [-0.39, 0.29) is 11.0 Å². The molecule has 0 aromatic carbocycles. The van der Waals surface area contributed by atoms with Crippen LogP contribution in [0.3, 0.4) is 0 Å². The summed E-state index contributed by atoms with van der Waals surface area (Å²) < 4.78 is 6.35. The summed E-state index contributed by atoms with van der Waals surface area (Å²) in [6.45, 7) is 2.82. The van der Waals surface area contributed by atoms with E-state index in [4.69, 9.17) is 15.0 Å². The lowest BCUT2D eigenvalue weighted by molar-refractivity contribution is -0.104. The van der Waals surface area contributed by atoms with Gasteiger partial charge in [-0.2, -0.15) is 5.26 Å². The Morgan fingerprint density at radius 3 is 2.72 bits per heavy atom. The molecule has 4 rings (SSSR count). The molecule has 1 saturated carbocycles. The van der Waals surface area contributed by atoms with Crippen molar-refractivity contribution in [3.8, 4) is 6.07 Å². The van der Waals surface area contributed by atoms with Gasteiger partial charge in [0.1, 0.15) is 11.8 Å². The van der Waals surface area contributed by atoms with E-state index in [2.05, 4.69) is 29.3 Å². The van der Waals surface area contributed by atoms with Crippen molar-refractivity contribution in [2.45, 2.75) is 82.1 Å². The minimum absolute atomic E-state index is 0.0872. The molecule has 0 N–H and O–H groups in total. The van der Waals surface area contributed by atoms with Crippen molar-refractivity contribution in [2.24, 2.45) is 0 Å². The predicted octanol–water partition coefficient (Wildman–Crippen LogP) is 5.43. The van der Waals surface area contributed by atoms with E-state index in [1.807, 2.05) is 25.4 Å². The van der Waals surface area contributed by atoms with E-state index in [1.165, 1.54) is 43.4 Å². The third kappa shape index (κ3) is 4.36. The Balaban J connectivity index is 1.44. The first-order valence-electron chi connectivity index (χ1n) is 11.1. The molecule has 1 atom stereocenters. The maximum Gasteiger partial charge on any atom is 0.143 e. The van der Waals surface area contributed by atoms with Crippen molar-refractivity contribution in [1.82, 2.24) is 9.97 Å². The van der Waals surface area contributed by atoms with Crippen LogP contribution in [0.25, 0.3) is 0 Å². The molecule has 0 bridgehead atoms. The molecule has 4 nitrogen and oxygen atoms in total. The zero-order chi connectivity index (χ0) is 20.2. The van der Waals surface area contributed by atoms with Crippen molar-refractivity contribution >= 4 is 0 Å². The van der Waals surface area contributed by atoms with E-state index in [1.54, 1.807) is 0 Å². The highest BCUT2D eigenvalue weighted by atomic mass is 16.5. The predicted molar refractivity (Wildman–Crippen MR) is 114 cm³/mol. The largest absolute Gasteiger partial charge is 0.375 e. The fraction of sp³-hybridized carbons (Fsp3) is 0.560. The minimum atomic E-state index is 0.0872. The Hall–Kier alpha value is -2.25. The van der Waals surface area contributed by atoms with Crippen LogP contribution in [0.1, 0.15) is 80.3 Å².